The molecule has 1 aliphatic rings. The standard InChI is InChI=1S/C16H19N5O3/c22-21(23)14-6-5-9-17-16(14)19-18-12-13-7-8-15(24-13)20-10-3-1-2-4-11-20/h5-9,12H,1-4,10-11H2,(H,17,19)/b18-12-. The van der Waals surface area contributed by atoms with Gasteiger partial charge >= 0.3 is 5.69 Å². The van der Waals surface area contributed by atoms with Crippen LogP contribution in [0.25, 0.3) is 0 Å². The molecule has 0 aliphatic carbocycles. The van der Waals surface area contributed by atoms with Crippen LogP contribution in [0.4, 0.5) is 17.4 Å². The van der Waals surface area contributed by atoms with E-state index in [0.29, 0.717) is 5.76 Å². The molecule has 0 unspecified atom stereocenters. The van der Waals surface area contributed by atoms with Crippen LogP contribution in [0, 0.1) is 10.1 Å². The molecule has 126 valence electrons. The van der Waals surface area contributed by atoms with Crippen molar-refractivity contribution in [2.75, 3.05) is 23.4 Å². The molecule has 24 heavy (non-hydrogen) atoms. The first-order chi connectivity index (χ1) is 11.7. The van der Waals surface area contributed by atoms with E-state index < -0.39 is 4.92 Å². The second-order valence-electron chi connectivity index (χ2n) is 5.58. The second-order valence-corrected chi connectivity index (χ2v) is 5.58. The quantitative estimate of drug-likeness (QED) is 0.513. The lowest BCUT2D eigenvalue weighted by molar-refractivity contribution is -0.384. The van der Waals surface area contributed by atoms with Gasteiger partial charge in [0, 0.05) is 31.4 Å². The number of rotatable bonds is 5. The first-order valence-corrected chi connectivity index (χ1v) is 7.97. The van der Waals surface area contributed by atoms with Gasteiger partial charge in [-0.1, -0.05) is 12.8 Å². The molecule has 1 N–H and O–H groups in total. The number of hydrogen-bond donors (Lipinski definition) is 1. The summed E-state index contributed by atoms with van der Waals surface area (Å²) in [6.07, 6.45) is 7.83. The zero-order chi connectivity index (χ0) is 16.8. The zero-order valence-electron chi connectivity index (χ0n) is 13.2. The van der Waals surface area contributed by atoms with Gasteiger partial charge in [-0.2, -0.15) is 5.10 Å². The highest BCUT2D eigenvalue weighted by molar-refractivity contribution is 5.77. The Morgan fingerprint density at radius 3 is 2.79 bits per heavy atom. The topological polar surface area (TPSA) is 96.8 Å². The molecule has 3 rings (SSSR count). The summed E-state index contributed by atoms with van der Waals surface area (Å²) < 4.78 is 5.78. The molecule has 8 heteroatoms. The van der Waals surface area contributed by atoms with Crippen molar-refractivity contribution in [2.45, 2.75) is 25.7 Å². The van der Waals surface area contributed by atoms with Crippen molar-refractivity contribution in [3.8, 4) is 0 Å². The van der Waals surface area contributed by atoms with E-state index in [1.807, 2.05) is 12.1 Å². The molecule has 1 fully saturated rings. The van der Waals surface area contributed by atoms with Crippen molar-refractivity contribution < 1.29 is 9.34 Å². The smallest absolute Gasteiger partial charge is 0.313 e. The fourth-order valence-electron chi connectivity index (χ4n) is 2.66. The Morgan fingerprint density at radius 1 is 1.25 bits per heavy atom. The van der Waals surface area contributed by atoms with E-state index in [4.69, 9.17) is 4.42 Å². The Hall–Kier alpha value is -2.90. The summed E-state index contributed by atoms with van der Waals surface area (Å²) in [5.74, 6) is 1.51. The lowest BCUT2D eigenvalue weighted by Crippen LogP contribution is -2.23. The average molecular weight is 329 g/mol. The average Bonchev–Trinajstić information content (AvgIpc) is 2.89. The third-order valence-corrected chi connectivity index (χ3v) is 3.88. The van der Waals surface area contributed by atoms with Crippen LogP contribution in [0.15, 0.2) is 40.0 Å². The minimum Gasteiger partial charge on any atom is -0.440 e. The molecule has 3 heterocycles. The van der Waals surface area contributed by atoms with Gasteiger partial charge in [0.1, 0.15) is 5.76 Å². The fourth-order valence-corrected chi connectivity index (χ4v) is 2.66. The summed E-state index contributed by atoms with van der Waals surface area (Å²) in [4.78, 5) is 16.6. The summed E-state index contributed by atoms with van der Waals surface area (Å²) >= 11 is 0. The van der Waals surface area contributed by atoms with Gasteiger partial charge in [0.2, 0.25) is 5.82 Å². The van der Waals surface area contributed by atoms with E-state index in [2.05, 4.69) is 20.4 Å². The van der Waals surface area contributed by atoms with E-state index in [0.717, 1.165) is 19.0 Å². The number of anilines is 2. The SMILES string of the molecule is O=[N+]([O-])c1cccnc1N/N=C\c1ccc(N2CCCCCC2)o1. The van der Waals surface area contributed by atoms with Crippen molar-refractivity contribution in [2.24, 2.45) is 5.10 Å². The van der Waals surface area contributed by atoms with Crippen molar-refractivity contribution in [1.29, 1.82) is 0 Å². The van der Waals surface area contributed by atoms with E-state index >= 15 is 0 Å². The molecule has 1 saturated heterocycles. The molecule has 0 saturated carbocycles. The highest BCUT2D eigenvalue weighted by Gasteiger charge is 2.14. The van der Waals surface area contributed by atoms with Gasteiger partial charge in [-0.05, 0) is 25.0 Å². The Kier molecular flexibility index (Phi) is 5.05. The van der Waals surface area contributed by atoms with E-state index in [-0.39, 0.29) is 11.5 Å². The third-order valence-electron chi connectivity index (χ3n) is 3.88. The van der Waals surface area contributed by atoms with E-state index in [1.165, 1.54) is 50.2 Å². The first kappa shape index (κ1) is 16.0. The second kappa shape index (κ2) is 7.58. The molecule has 1 aliphatic heterocycles. The summed E-state index contributed by atoms with van der Waals surface area (Å²) in [6, 6.07) is 6.64. The van der Waals surface area contributed by atoms with Crippen LogP contribution in [0.1, 0.15) is 31.4 Å². The zero-order valence-corrected chi connectivity index (χ0v) is 13.2. The van der Waals surface area contributed by atoms with Crippen molar-refractivity contribution >= 4 is 23.6 Å². The lowest BCUT2D eigenvalue weighted by atomic mass is 10.2. The van der Waals surface area contributed by atoms with Crippen LogP contribution in [-0.4, -0.2) is 29.2 Å². The summed E-state index contributed by atoms with van der Waals surface area (Å²) in [5.41, 5.74) is 2.46. The molecule has 0 bridgehead atoms. The Bertz CT molecular complexity index is 720. The Balaban J connectivity index is 1.64. The Labute approximate surface area is 139 Å². The summed E-state index contributed by atoms with van der Waals surface area (Å²) in [7, 11) is 0. The number of nitrogens with one attached hydrogen (secondary N) is 1. The molecule has 2 aromatic rings. The van der Waals surface area contributed by atoms with Crippen molar-refractivity contribution in [1.82, 2.24) is 4.98 Å². The van der Waals surface area contributed by atoms with Crippen molar-refractivity contribution in [3.63, 3.8) is 0 Å². The highest BCUT2D eigenvalue weighted by atomic mass is 16.6. The number of nitro groups is 1. The normalized spacial score (nSPS) is 15.4. The number of pyridine rings is 1. The number of hydrazone groups is 1. The molecule has 8 nitrogen and oxygen atoms in total. The summed E-state index contributed by atoms with van der Waals surface area (Å²) in [6.45, 7) is 2.00. The van der Waals surface area contributed by atoms with Crippen molar-refractivity contribution in [3.05, 3.63) is 46.3 Å². The van der Waals surface area contributed by atoms with Crippen LogP contribution in [-0.2, 0) is 0 Å². The maximum atomic E-state index is 10.9. The molecule has 2 aromatic heterocycles. The molecule has 0 spiro atoms. The molecule has 0 atom stereocenters. The third kappa shape index (κ3) is 3.89. The molecule has 0 radical (unpaired) electrons. The number of nitrogens with zero attached hydrogens (tertiary/aromatic N) is 4. The maximum absolute atomic E-state index is 10.9. The van der Waals surface area contributed by atoms with Gasteiger partial charge in [0.15, 0.2) is 5.88 Å². The number of furan rings is 1. The molecule has 0 amide bonds. The van der Waals surface area contributed by atoms with E-state index in [1.54, 1.807) is 0 Å². The van der Waals surface area contributed by atoms with Gasteiger partial charge in [0.25, 0.3) is 0 Å². The Morgan fingerprint density at radius 2 is 2.04 bits per heavy atom. The van der Waals surface area contributed by atoms with Crippen LogP contribution in [0.2, 0.25) is 0 Å². The highest BCUT2D eigenvalue weighted by Crippen LogP contribution is 2.22. The fraction of sp³-hybridized carbons (Fsp3) is 0.375. The maximum Gasteiger partial charge on any atom is 0.313 e. The van der Waals surface area contributed by atoms with Crippen LogP contribution >= 0.6 is 0 Å². The minimum absolute atomic E-state index is 0.0954. The van der Waals surface area contributed by atoms with Crippen LogP contribution < -0.4 is 10.3 Å². The summed E-state index contributed by atoms with van der Waals surface area (Å²) in [5, 5.41) is 14.9. The van der Waals surface area contributed by atoms with Gasteiger partial charge in [-0.15, -0.1) is 0 Å². The van der Waals surface area contributed by atoms with Crippen LogP contribution in [0.5, 0.6) is 0 Å². The number of hydrogen-bond acceptors (Lipinski definition) is 7. The predicted octanol–water partition coefficient (Wildman–Crippen LogP) is 3.41. The number of aromatic nitrogens is 1. The van der Waals surface area contributed by atoms with Crippen LogP contribution in [0.3, 0.4) is 0 Å². The van der Waals surface area contributed by atoms with Gasteiger partial charge in [-0.3, -0.25) is 15.5 Å². The lowest BCUT2D eigenvalue weighted by Gasteiger charge is -2.18. The van der Waals surface area contributed by atoms with Gasteiger partial charge in [-0.25, -0.2) is 4.98 Å². The largest absolute Gasteiger partial charge is 0.440 e. The van der Waals surface area contributed by atoms with Gasteiger partial charge < -0.3 is 9.32 Å². The predicted molar refractivity (Wildman–Crippen MR) is 91.5 cm³/mol. The van der Waals surface area contributed by atoms with Gasteiger partial charge in [0.05, 0.1) is 11.1 Å². The monoisotopic (exact) mass is 329 g/mol. The first-order valence-electron chi connectivity index (χ1n) is 7.97. The molecule has 0 aromatic carbocycles. The molecular weight excluding hydrogens is 310 g/mol. The minimum atomic E-state index is -0.505. The molecular formula is C16H19N5O3. The van der Waals surface area contributed by atoms with E-state index in [9.17, 15) is 10.1 Å².